The fourth-order valence-electron chi connectivity index (χ4n) is 4.05. The van der Waals surface area contributed by atoms with Crippen LogP contribution in [0.25, 0.3) is 0 Å². The van der Waals surface area contributed by atoms with Crippen LogP contribution in [0.2, 0.25) is 0 Å². The van der Waals surface area contributed by atoms with E-state index in [9.17, 15) is 19.2 Å². The second-order valence-corrected chi connectivity index (χ2v) is 8.52. The van der Waals surface area contributed by atoms with Crippen molar-refractivity contribution in [2.45, 2.75) is 96.1 Å². The van der Waals surface area contributed by atoms with Gasteiger partial charge >= 0.3 is 11.9 Å². The van der Waals surface area contributed by atoms with E-state index in [-0.39, 0.29) is 36.1 Å². The van der Waals surface area contributed by atoms with Gasteiger partial charge in [-0.1, -0.05) is 51.4 Å². The first-order valence-corrected chi connectivity index (χ1v) is 11.5. The largest absolute Gasteiger partial charge is 0.452 e. The van der Waals surface area contributed by atoms with E-state index in [1.165, 1.54) is 32.6 Å². The summed E-state index contributed by atoms with van der Waals surface area (Å²) in [7, 11) is 0. The van der Waals surface area contributed by atoms with Gasteiger partial charge in [-0.3, -0.25) is 9.59 Å². The summed E-state index contributed by atoms with van der Waals surface area (Å²) >= 11 is 0. The van der Waals surface area contributed by atoms with Gasteiger partial charge in [0.2, 0.25) is 0 Å². The van der Waals surface area contributed by atoms with Gasteiger partial charge in [0.1, 0.15) is 0 Å². The number of hydrogen-bond donors (Lipinski definition) is 2. The van der Waals surface area contributed by atoms with Gasteiger partial charge in [-0.05, 0) is 32.6 Å². The molecule has 0 radical (unpaired) electrons. The Hall–Kier alpha value is -2.38. The maximum absolute atomic E-state index is 12.0. The summed E-state index contributed by atoms with van der Waals surface area (Å²) in [4.78, 5) is 47.8. The number of carbonyl (C=O) groups is 4. The quantitative estimate of drug-likeness (QED) is 0.344. The van der Waals surface area contributed by atoms with Crippen LogP contribution in [0.3, 0.4) is 0 Å². The monoisotopic (exact) mass is 436 g/mol. The topological polar surface area (TPSA) is 111 Å². The molecule has 2 aliphatic rings. The summed E-state index contributed by atoms with van der Waals surface area (Å²) < 4.78 is 9.89. The highest BCUT2D eigenvalue weighted by Gasteiger charge is 2.18. The van der Waals surface area contributed by atoms with Crippen LogP contribution in [0.15, 0.2) is 11.6 Å². The lowest BCUT2D eigenvalue weighted by Crippen LogP contribution is -2.37. The Bertz CT molecular complexity index is 644. The minimum Gasteiger partial charge on any atom is -0.452 e. The molecule has 31 heavy (non-hydrogen) atoms. The SMILES string of the molecule is CC(=CC(=O)OCC(=O)NC1CCCCCC1)C(=O)OCC(=O)NC1CCCCCC1. The molecule has 2 N–H and O–H groups in total. The molecule has 2 fully saturated rings. The fraction of sp³-hybridized carbons (Fsp3) is 0.739. The van der Waals surface area contributed by atoms with E-state index >= 15 is 0 Å². The molecule has 0 aromatic rings. The van der Waals surface area contributed by atoms with Crippen LogP contribution in [-0.2, 0) is 28.7 Å². The summed E-state index contributed by atoms with van der Waals surface area (Å²) in [6.07, 6.45) is 13.8. The molecule has 0 aromatic carbocycles. The second kappa shape index (κ2) is 13.8. The molecule has 0 heterocycles. The predicted molar refractivity (Wildman–Crippen MR) is 115 cm³/mol. The summed E-state index contributed by atoms with van der Waals surface area (Å²) in [5.41, 5.74) is 0.0106. The number of carbonyl (C=O) groups excluding carboxylic acids is 4. The van der Waals surface area contributed by atoms with Crippen LogP contribution in [0.1, 0.15) is 84.0 Å². The van der Waals surface area contributed by atoms with E-state index in [1.807, 2.05) is 0 Å². The second-order valence-electron chi connectivity index (χ2n) is 8.52. The van der Waals surface area contributed by atoms with Crippen LogP contribution in [-0.4, -0.2) is 49.1 Å². The molecule has 2 saturated carbocycles. The highest BCUT2D eigenvalue weighted by Crippen LogP contribution is 2.18. The van der Waals surface area contributed by atoms with Gasteiger partial charge in [-0.2, -0.15) is 0 Å². The van der Waals surface area contributed by atoms with Crippen LogP contribution in [0.5, 0.6) is 0 Å². The Kier molecular flexibility index (Phi) is 11.1. The molecule has 0 aromatic heterocycles. The molecule has 8 nitrogen and oxygen atoms in total. The zero-order valence-corrected chi connectivity index (χ0v) is 18.6. The van der Waals surface area contributed by atoms with Crippen molar-refractivity contribution in [1.29, 1.82) is 0 Å². The molecule has 0 aliphatic heterocycles. The first-order valence-electron chi connectivity index (χ1n) is 11.5. The van der Waals surface area contributed by atoms with Gasteiger partial charge < -0.3 is 20.1 Å². The highest BCUT2D eigenvalue weighted by atomic mass is 16.5. The first-order chi connectivity index (χ1) is 14.9. The Labute approximate surface area is 184 Å². The molecule has 0 bridgehead atoms. The van der Waals surface area contributed by atoms with Gasteiger partial charge in [0.25, 0.3) is 11.8 Å². The molecule has 0 atom stereocenters. The average molecular weight is 437 g/mol. The summed E-state index contributed by atoms with van der Waals surface area (Å²) in [5.74, 6) is -2.25. The Balaban J connectivity index is 1.65. The molecule has 0 saturated heterocycles. The van der Waals surface area contributed by atoms with Gasteiger partial charge in [-0.15, -0.1) is 0 Å². The van der Waals surface area contributed by atoms with Crippen molar-refractivity contribution >= 4 is 23.8 Å². The molecular formula is C23H36N2O6. The number of rotatable bonds is 8. The number of esters is 2. The molecule has 2 aliphatic carbocycles. The lowest BCUT2D eigenvalue weighted by Gasteiger charge is -2.16. The number of nitrogens with one attached hydrogen (secondary N) is 2. The minimum absolute atomic E-state index is 0.0106. The van der Waals surface area contributed by atoms with Gasteiger partial charge in [0, 0.05) is 23.7 Å². The lowest BCUT2D eigenvalue weighted by molar-refractivity contribution is -0.146. The lowest BCUT2D eigenvalue weighted by atomic mass is 10.1. The van der Waals surface area contributed by atoms with Crippen molar-refractivity contribution in [3.63, 3.8) is 0 Å². The third kappa shape index (κ3) is 10.5. The molecule has 8 heteroatoms. The van der Waals surface area contributed by atoms with Crippen molar-refractivity contribution in [2.24, 2.45) is 0 Å². The van der Waals surface area contributed by atoms with Crippen molar-refractivity contribution < 1.29 is 28.7 Å². The third-order valence-electron chi connectivity index (χ3n) is 5.78. The van der Waals surface area contributed by atoms with Gasteiger partial charge in [-0.25, -0.2) is 9.59 Å². The van der Waals surface area contributed by atoms with E-state index in [0.29, 0.717) is 0 Å². The van der Waals surface area contributed by atoms with E-state index < -0.39 is 18.5 Å². The molecule has 0 unspecified atom stereocenters. The molecular weight excluding hydrogens is 400 g/mol. The normalized spacial score (nSPS) is 18.9. The van der Waals surface area contributed by atoms with Gasteiger partial charge in [0.05, 0.1) is 0 Å². The third-order valence-corrected chi connectivity index (χ3v) is 5.78. The average Bonchev–Trinajstić information content (AvgIpc) is 3.15. The van der Waals surface area contributed by atoms with E-state index in [2.05, 4.69) is 10.6 Å². The van der Waals surface area contributed by atoms with Crippen molar-refractivity contribution in [2.75, 3.05) is 13.2 Å². The summed E-state index contributed by atoms with van der Waals surface area (Å²) in [6.45, 7) is 0.621. The smallest absolute Gasteiger partial charge is 0.334 e. The predicted octanol–water partition coefficient (Wildman–Crippen LogP) is 2.70. The molecule has 2 rings (SSSR count). The molecule has 0 spiro atoms. The Morgan fingerprint density at radius 1 is 0.710 bits per heavy atom. The fourth-order valence-corrected chi connectivity index (χ4v) is 4.05. The number of amides is 2. The van der Waals surface area contributed by atoms with Gasteiger partial charge in [0.15, 0.2) is 13.2 Å². The molecule has 174 valence electrons. The maximum Gasteiger partial charge on any atom is 0.334 e. The Morgan fingerprint density at radius 3 is 1.58 bits per heavy atom. The summed E-state index contributed by atoms with van der Waals surface area (Å²) in [5, 5.41) is 5.78. The van der Waals surface area contributed by atoms with Crippen LogP contribution in [0, 0.1) is 0 Å². The van der Waals surface area contributed by atoms with Crippen molar-refractivity contribution in [1.82, 2.24) is 10.6 Å². The zero-order valence-electron chi connectivity index (χ0n) is 18.6. The molecule has 2 amide bonds. The van der Waals surface area contributed by atoms with Crippen LogP contribution in [0.4, 0.5) is 0 Å². The van der Waals surface area contributed by atoms with Crippen molar-refractivity contribution in [3.05, 3.63) is 11.6 Å². The van der Waals surface area contributed by atoms with E-state index in [4.69, 9.17) is 9.47 Å². The summed E-state index contributed by atoms with van der Waals surface area (Å²) in [6, 6.07) is 0.259. The maximum atomic E-state index is 12.0. The van der Waals surface area contributed by atoms with Crippen LogP contribution < -0.4 is 10.6 Å². The van der Waals surface area contributed by atoms with Crippen molar-refractivity contribution in [3.8, 4) is 0 Å². The Morgan fingerprint density at radius 2 is 1.13 bits per heavy atom. The minimum atomic E-state index is -0.798. The van der Waals surface area contributed by atoms with E-state index in [1.54, 1.807) is 0 Å². The first kappa shape index (κ1) is 24.9. The number of hydrogen-bond acceptors (Lipinski definition) is 6. The number of ether oxygens (including phenoxy) is 2. The highest BCUT2D eigenvalue weighted by molar-refractivity contribution is 5.97. The standard InChI is InChI=1S/C23H36N2O6/c1-17(23(29)31-16-21(27)25-19-12-8-4-5-9-13-19)14-22(28)30-15-20(26)24-18-10-6-2-3-7-11-18/h14,18-19H,2-13,15-16H2,1H3,(H,24,26)(H,25,27). The van der Waals surface area contributed by atoms with E-state index in [0.717, 1.165) is 57.4 Å². The van der Waals surface area contributed by atoms with Crippen LogP contribution >= 0.6 is 0 Å². The zero-order chi connectivity index (χ0) is 22.5.